The average molecular weight is 383 g/mol. The number of carbonyl (C=O) groups excluding carboxylic acids is 3. The summed E-state index contributed by atoms with van der Waals surface area (Å²) in [6.45, 7) is 0. The second-order valence-electron chi connectivity index (χ2n) is 5.08. The van der Waals surface area contributed by atoms with Crippen LogP contribution in [0.25, 0.3) is 0 Å². The van der Waals surface area contributed by atoms with Crippen LogP contribution in [-0.4, -0.2) is 24.9 Å². The molecule has 2 N–H and O–H groups in total. The Hall–Kier alpha value is -3.00. The SMILES string of the molecule is COC(=O)c1ccc(Cl)c(NC(=O)CC(=O)Nc2ccc(F)cc2F)c1. The van der Waals surface area contributed by atoms with E-state index in [1.54, 1.807) is 0 Å². The lowest BCUT2D eigenvalue weighted by molar-refractivity contribution is -0.123. The van der Waals surface area contributed by atoms with Gasteiger partial charge in [-0.3, -0.25) is 9.59 Å². The van der Waals surface area contributed by atoms with Crippen LogP contribution in [0.2, 0.25) is 5.02 Å². The van der Waals surface area contributed by atoms with Crippen molar-refractivity contribution in [2.24, 2.45) is 0 Å². The zero-order valence-corrected chi connectivity index (χ0v) is 14.2. The van der Waals surface area contributed by atoms with Crippen LogP contribution in [0.15, 0.2) is 36.4 Å². The Labute approximate surface area is 152 Å². The number of anilines is 2. The Morgan fingerprint density at radius 2 is 1.65 bits per heavy atom. The van der Waals surface area contributed by atoms with Gasteiger partial charge in [-0.05, 0) is 30.3 Å². The van der Waals surface area contributed by atoms with E-state index < -0.39 is 35.8 Å². The molecule has 2 aromatic rings. The Morgan fingerprint density at radius 3 is 2.27 bits per heavy atom. The van der Waals surface area contributed by atoms with E-state index in [0.29, 0.717) is 6.07 Å². The van der Waals surface area contributed by atoms with Gasteiger partial charge >= 0.3 is 5.97 Å². The second-order valence-corrected chi connectivity index (χ2v) is 5.49. The van der Waals surface area contributed by atoms with E-state index in [2.05, 4.69) is 15.4 Å². The van der Waals surface area contributed by atoms with Crippen molar-refractivity contribution >= 4 is 40.8 Å². The molecule has 0 saturated carbocycles. The molecule has 0 heterocycles. The zero-order chi connectivity index (χ0) is 19.3. The minimum Gasteiger partial charge on any atom is -0.465 e. The lowest BCUT2D eigenvalue weighted by Crippen LogP contribution is -2.22. The number of rotatable bonds is 5. The van der Waals surface area contributed by atoms with Crippen LogP contribution in [-0.2, 0) is 14.3 Å². The molecule has 0 aliphatic carbocycles. The molecule has 0 aliphatic heterocycles. The van der Waals surface area contributed by atoms with Gasteiger partial charge in [0.05, 0.1) is 29.1 Å². The van der Waals surface area contributed by atoms with Crippen molar-refractivity contribution in [2.75, 3.05) is 17.7 Å². The molecule has 0 fully saturated rings. The monoisotopic (exact) mass is 382 g/mol. The molecule has 0 aromatic heterocycles. The summed E-state index contributed by atoms with van der Waals surface area (Å²) >= 11 is 5.94. The highest BCUT2D eigenvalue weighted by molar-refractivity contribution is 6.34. The molecule has 0 aliphatic rings. The van der Waals surface area contributed by atoms with Crippen molar-refractivity contribution in [1.29, 1.82) is 0 Å². The Bertz CT molecular complexity index is 874. The van der Waals surface area contributed by atoms with Crippen LogP contribution in [0.3, 0.4) is 0 Å². The Morgan fingerprint density at radius 1 is 1.00 bits per heavy atom. The van der Waals surface area contributed by atoms with Crippen LogP contribution in [0.1, 0.15) is 16.8 Å². The molecule has 26 heavy (non-hydrogen) atoms. The van der Waals surface area contributed by atoms with E-state index in [-0.39, 0.29) is 22.0 Å². The van der Waals surface area contributed by atoms with Gasteiger partial charge in [0, 0.05) is 6.07 Å². The molecule has 0 radical (unpaired) electrons. The summed E-state index contributed by atoms with van der Waals surface area (Å²) in [5.41, 5.74) is 0.0142. The highest BCUT2D eigenvalue weighted by atomic mass is 35.5. The molecular weight excluding hydrogens is 370 g/mol. The first-order valence-electron chi connectivity index (χ1n) is 7.22. The Kier molecular flexibility index (Phi) is 6.24. The number of methoxy groups -OCH3 is 1. The third-order valence-electron chi connectivity index (χ3n) is 3.19. The molecule has 2 aromatic carbocycles. The molecule has 0 bridgehead atoms. The third kappa shape index (κ3) is 5.00. The largest absolute Gasteiger partial charge is 0.465 e. The molecule has 2 amide bonds. The smallest absolute Gasteiger partial charge is 0.337 e. The summed E-state index contributed by atoms with van der Waals surface area (Å²) in [6.07, 6.45) is -0.643. The second kappa shape index (κ2) is 8.39. The lowest BCUT2D eigenvalue weighted by Gasteiger charge is -2.10. The fourth-order valence-electron chi connectivity index (χ4n) is 1.99. The van der Waals surface area contributed by atoms with Crippen molar-refractivity contribution in [3.8, 4) is 0 Å². The first kappa shape index (κ1) is 19.3. The number of esters is 1. The molecule has 2 rings (SSSR count). The summed E-state index contributed by atoms with van der Waals surface area (Å²) in [5, 5.41) is 4.68. The zero-order valence-electron chi connectivity index (χ0n) is 13.4. The van der Waals surface area contributed by atoms with Crippen LogP contribution in [0.4, 0.5) is 20.2 Å². The van der Waals surface area contributed by atoms with Gasteiger partial charge in [0.2, 0.25) is 11.8 Å². The van der Waals surface area contributed by atoms with Gasteiger partial charge in [0.1, 0.15) is 18.1 Å². The predicted molar refractivity (Wildman–Crippen MR) is 91.0 cm³/mol. The maximum Gasteiger partial charge on any atom is 0.337 e. The van der Waals surface area contributed by atoms with E-state index >= 15 is 0 Å². The number of amides is 2. The van der Waals surface area contributed by atoms with Crippen molar-refractivity contribution in [3.63, 3.8) is 0 Å². The summed E-state index contributed by atoms with van der Waals surface area (Å²) in [5.74, 6) is -3.94. The maximum atomic E-state index is 13.5. The van der Waals surface area contributed by atoms with E-state index in [1.165, 1.54) is 25.3 Å². The van der Waals surface area contributed by atoms with Crippen molar-refractivity contribution < 1.29 is 27.9 Å². The fraction of sp³-hybridized carbons (Fsp3) is 0.118. The van der Waals surface area contributed by atoms with Crippen LogP contribution in [0.5, 0.6) is 0 Å². The van der Waals surface area contributed by atoms with Crippen molar-refractivity contribution in [3.05, 3.63) is 58.6 Å². The fourth-order valence-corrected chi connectivity index (χ4v) is 2.16. The van der Waals surface area contributed by atoms with E-state index in [4.69, 9.17) is 11.6 Å². The lowest BCUT2D eigenvalue weighted by atomic mass is 10.2. The minimum atomic E-state index is -0.965. The number of ether oxygens (including phenoxy) is 1. The van der Waals surface area contributed by atoms with Gasteiger partial charge in [0.15, 0.2) is 0 Å². The molecule has 136 valence electrons. The number of benzene rings is 2. The van der Waals surface area contributed by atoms with Gasteiger partial charge < -0.3 is 15.4 Å². The molecule has 6 nitrogen and oxygen atoms in total. The Balaban J connectivity index is 2.02. The van der Waals surface area contributed by atoms with Gasteiger partial charge in [0.25, 0.3) is 0 Å². The first-order chi connectivity index (χ1) is 12.3. The van der Waals surface area contributed by atoms with Gasteiger partial charge in [-0.25, -0.2) is 13.6 Å². The number of carbonyl (C=O) groups is 3. The highest BCUT2D eigenvalue weighted by Crippen LogP contribution is 2.23. The van der Waals surface area contributed by atoms with Crippen molar-refractivity contribution in [2.45, 2.75) is 6.42 Å². The summed E-state index contributed by atoms with van der Waals surface area (Å²) in [6, 6.07) is 6.70. The first-order valence-corrected chi connectivity index (χ1v) is 7.60. The van der Waals surface area contributed by atoms with Gasteiger partial charge in [-0.15, -0.1) is 0 Å². The predicted octanol–water partition coefficient (Wildman–Crippen LogP) is 3.37. The molecule has 0 spiro atoms. The standard InChI is InChI=1S/C17H13ClF2N2O4/c1-26-17(25)9-2-4-11(18)14(6-9)22-16(24)8-15(23)21-13-5-3-10(19)7-12(13)20/h2-7H,8H2,1H3,(H,21,23)(H,22,24). The molecular formula is C17H13ClF2N2O4. The topological polar surface area (TPSA) is 84.5 Å². The van der Waals surface area contributed by atoms with Crippen LogP contribution < -0.4 is 10.6 Å². The van der Waals surface area contributed by atoms with Gasteiger partial charge in [-0.1, -0.05) is 11.6 Å². The summed E-state index contributed by atoms with van der Waals surface area (Å²) < 4.78 is 30.9. The number of halogens is 3. The number of nitrogens with one attached hydrogen (secondary N) is 2. The molecule has 0 saturated heterocycles. The van der Waals surface area contributed by atoms with E-state index in [1.807, 2.05) is 0 Å². The normalized spacial score (nSPS) is 10.2. The summed E-state index contributed by atoms with van der Waals surface area (Å²) in [7, 11) is 1.20. The van der Waals surface area contributed by atoms with E-state index in [9.17, 15) is 23.2 Å². The van der Waals surface area contributed by atoms with Crippen LogP contribution >= 0.6 is 11.6 Å². The number of hydrogen-bond acceptors (Lipinski definition) is 4. The summed E-state index contributed by atoms with van der Waals surface area (Å²) in [4.78, 5) is 35.3. The average Bonchev–Trinajstić information content (AvgIpc) is 2.58. The maximum absolute atomic E-state index is 13.5. The highest BCUT2D eigenvalue weighted by Gasteiger charge is 2.15. The quantitative estimate of drug-likeness (QED) is 0.613. The molecule has 0 unspecified atom stereocenters. The van der Waals surface area contributed by atoms with Crippen molar-refractivity contribution in [1.82, 2.24) is 0 Å². The van der Waals surface area contributed by atoms with Crippen LogP contribution in [0, 0.1) is 11.6 Å². The molecule has 0 atom stereocenters. The molecule has 9 heteroatoms. The number of hydrogen-bond donors (Lipinski definition) is 2. The third-order valence-corrected chi connectivity index (χ3v) is 3.52. The minimum absolute atomic E-state index is 0.111. The van der Waals surface area contributed by atoms with Gasteiger partial charge in [-0.2, -0.15) is 0 Å². The van der Waals surface area contributed by atoms with E-state index in [0.717, 1.165) is 12.1 Å².